The van der Waals surface area contributed by atoms with Gasteiger partial charge in [0, 0.05) is 12.1 Å². The lowest BCUT2D eigenvalue weighted by atomic mass is 10.0. The third-order valence-electron chi connectivity index (χ3n) is 3.09. The van der Waals surface area contributed by atoms with Crippen LogP contribution in [0.2, 0.25) is 0 Å². The Balaban J connectivity index is 2.81. The normalized spacial score (nSPS) is 12.2. The van der Waals surface area contributed by atoms with Gasteiger partial charge in [0.15, 0.2) is 5.69 Å². The zero-order valence-corrected chi connectivity index (χ0v) is 12.5. The second kappa shape index (κ2) is 7.56. The highest BCUT2D eigenvalue weighted by Crippen LogP contribution is 2.23. The monoisotopic (exact) mass is 295 g/mol. The minimum Gasteiger partial charge on any atom is -0.477 e. The Morgan fingerprint density at radius 3 is 2.57 bits per heavy atom. The second-order valence-corrected chi connectivity index (χ2v) is 5.50. The van der Waals surface area contributed by atoms with Gasteiger partial charge >= 0.3 is 11.7 Å². The number of anilines is 1. The van der Waals surface area contributed by atoms with Gasteiger partial charge in [-0.05, 0) is 25.3 Å². The van der Waals surface area contributed by atoms with Crippen molar-refractivity contribution in [3.63, 3.8) is 0 Å². The van der Waals surface area contributed by atoms with Crippen LogP contribution in [0.4, 0.5) is 11.5 Å². The van der Waals surface area contributed by atoms with E-state index >= 15 is 0 Å². The van der Waals surface area contributed by atoms with Crippen molar-refractivity contribution in [1.82, 2.24) is 4.98 Å². The molecule has 0 fully saturated rings. The molecule has 1 aromatic heterocycles. The summed E-state index contributed by atoms with van der Waals surface area (Å²) in [5, 5.41) is 22.8. The molecule has 0 aromatic carbocycles. The third kappa shape index (κ3) is 5.37. The molecule has 7 nitrogen and oxygen atoms in total. The molecule has 0 spiro atoms. The Hall–Kier alpha value is -2.18. The number of carbonyl (C=O) groups is 1. The largest absolute Gasteiger partial charge is 0.477 e. The van der Waals surface area contributed by atoms with E-state index in [0.717, 1.165) is 25.3 Å². The molecule has 1 atom stereocenters. The summed E-state index contributed by atoms with van der Waals surface area (Å²) in [6.07, 6.45) is 2.92. The summed E-state index contributed by atoms with van der Waals surface area (Å²) in [6.45, 7) is 6.18. The van der Waals surface area contributed by atoms with E-state index in [0.29, 0.717) is 5.92 Å². The fourth-order valence-electron chi connectivity index (χ4n) is 1.96. The molecule has 2 N–H and O–H groups in total. The van der Waals surface area contributed by atoms with Crippen LogP contribution in [0, 0.1) is 16.0 Å². The van der Waals surface area contributed by atoms with E-state index in [-0.39, 0.29) is 23.2 Å². The summed E-state index contributed by atoms with van der Waals surface area (Å²) in [4.78, 5) is 25.1. The molecule has 1 aromatic rings. The molecule has 0 aliphatic heterocycles. The van der Waals surface area contributed by atoms with E-state index in [1.54, 1.807) is 0 Å². The van der Waals surface area contributed by atoms with Gasteiger partial charge in [-0.25, -0.2) is 9.78 Å². The van der Waals surface area contributed by atoms with Gasteiger partial charge in [-0.15, -0.1) is 0 Å². The molecule has 1 rings (SSSR count). The molecular weight excluding hydrogens is 274 g/mol. The maximum atomic E-state index is 11.0. The topological polar surface area (TPSA) is 105 Å². The van der Waals surface area contributed by atoms with Crippen molar-refractivity contribution < 1.29 is 14.8 Å². The minimum absolute atomic E-state index is 0.0111. The van der Waals surface area contributed by atoms with Crippen LogP contribution in [0.15, 0.2) is 12.1 Å². The molecule has 0 saturated carbocycles. The Morgan fingerprint density at radius 2 is 2.05 bits per heavy atom. The molecule has 0 aliphatic carbocycles. The highest BCUT2D eigenvalue weighted by atomic mass is 16.6. The molecule has 1 heterocycles. The van der Waals surface area contributed by atoms with E-state index < -0.39 is 10.9 Å². The fraction of sp³-hybridized carbons (Fsp3) is 0.571. The molecule has 0 aliphatic rings. The highest BCUT2D eigenvalue weighted by Gasteiger charge is 2.19. The molecule has 1 unspecified atom stereocenters. The first-order valence-electron chi connectivity index (χ1n) is 6.96. The smallest absolute Gasteiger partial charge is 0.354 e. The summed E-state index contributed by atoms with van der Waals surface area (Å²) in [5.74, 6) is -0.586. The van der Waals surface area contributed by atoms with Gasteiger partial charge in [-0.2, -0.15) is 0 Å². The van der Waals surface area contributed by atoms with Crippen LogP contribution in [0.25, 0.3) is 0 Å². The first-order valence-corrected chi connectivity index (χ1v) is 6.96. The zero-order valence-electron chi connectivity index (χ0n) is 12.5. The van der Waals surface area contributed by atoms with Crippen molar-refractivity contribution in [2.75, 3.05) is 5.32 Å². The lowest BCUT2D eigenvalue weighted by Crippen LogP contribution is -2.18. The number of carboxylic acids is 1. The predicted molar refractivity (Wildman–Crippen MR) is 79.6 cm³/mol. The Labute approximate surface area is 123 Å². The van der Waals surface area contributed by atoms with Crippen LogP contribution >= 0.6 is 0 Å². The van der Waals surface area contributed by atoms with Crippen molar-refractivity contribution in [3.8, 4) is 0 Å². The highest BCUT2D eigenvalue weighted by molar-refractivity contribution is 5.86. The summed E-state index contributed by atoms with van der Waals surface area (Å²) >= 11 is 0. The average Bonchev–Trinajstić information content (AvgIpc) is 2.37. The molecule has 0 radical (unpaired) electrons. The quantitative estimate of drug-likeness (QED) is 0.563. The van der Waals surface area contributed by atoms with Crippen LogP contribution in [0.1, 0.15) is 50.5 Å². The molecular formula is C14H21N3O4. The number of aromatic nitrogens is 1. The lowest BCUT2D eigenvalue weighted by molar-refractivity contribution is -0.384. The first kappa shape index (κ1) is 16.9. The number of nitrogens with zero attached hydrogens (tertiary/aromatic N) is 2. The van der Waals surface area contributed by atoms with E-state index in [2.05, 4.69) is 24.1 Å². The predicted octanol–water partition coefficient (Wildman–Crippen LogP) is 3.31. The number of hydrogen-bond acceptors (Lipinski definition) is 5. The van der Waals surface area contributed by atoms with E-state index in [1.807, 2.05) is 6.92 Å². The number of nitro groups is 1. The van der Waals surface area contributed by atoms with Gasteiger partial charge in [0.05, 0.1) is 4.92 Å². The Morgan fingerprint density at radius 1 is 1.38 bits per heavy atom. The maximum Gasteiger partial charge on any atom is 0.354 e. The lowest BCUT2D eigenvalue weighted by Gasteiger charge is -2.15. The number of hydrogen-bond donors (Lipinski definition) is 2. The first-order chi connectivity index (χ1) is 9.81. The van der Waals surface area contributed by atoms with Gasteiger partial charge in [0.25, 0.3) is 0 Å². The van der Waals surface area contributed by atoms with Gasteiger partial charge in [-0.3, -0.25) is 10.1 Å². The van der Waals surface area contributed by atoms with E-state index in [4.69, 9.17) is 5.11 Å². The molecule has 0 bridgehead atoms. The zero-order chi connectivity index (χ0) is 16.0. The summed E-state index contributed by atoms with van der Waals surface area (Å²) in [7, 11) is 0. The number of carboxylic acid groups (broad SMARTS) is 1. The van der Waals surface area contributed by atoms with Crippen LogP contribution in [0.5, 0.6) is 0 Å². The van der Waals surface area contributed by atoms with Gasteiger partial charge in [0.2, 0.25) is 5.82 Å². The molecule has 0 saturated heterocycles. The Bertz CT molecular complexity index is 517. The van der Waals surface area contributed by atoms with Crippen LogP contribution < -0.4 is 5.32 Å². The summed E-state index contributed by atoms with van der Waals surface area (Å²) in [6, 6.07) is 2.29. The van der Waals surface area contributed by atoms with E-state index in [9.17, 15) is 14.9 Å². The standard InChI is InChI=1S/C14H21N3O4/c1-9(2)5-4-6-10(3)15-13-12(17(20)21)8-7-11(16-13)14(18)19/h7-10H,4-6H2,1-3H3,(H,15,16)(H,18,19). The Kier molecular flexibility index (Phi) is 6.08. The van der Waals surface area contributed by atoms with Crippen molar-refractivity contribution in [2.45, 2.75) is 46.1 Å². The van der Waals surface area contributed by atoms with Crippen LogP contribution in [-0.4, -0.2) is 27.0 Å². The summed E-state index contributed by atoms with van der Waals surface area (Å²) < 4.78 is 0. The van der Waals surface area contributed by atoms with Crippen molar-refractivity contribution in [2.24, 2.45) is 5.92 Å². The number of pyridine rings is 1. The second-order valence-electron chi connectivity index (χ2n) is 5.50. The van der Waals surface area contributed by atoms with Gasteiger partial charge in [-0.1, -0.05) is 26.7 Å². The SMILES string of the molecule is CC(C)CCCC(C)Nc1nc(C(=O)O)ccc1[N+](=O)[O-]. The molecule has 21 heavy (non-hydrogen) atoms. The maximum absolute atomic E-state index is 11.0. The summed E-state index contributed by atoms with van der Waals surface area (Å²) in [5.41, 5.74) is -0.423. The van der Waals surface area contributed by atoms with E-state index in [1.165, 1.54) is 6.07 Å². The average molecular weight is 295 g/mol. The third-order valence-corrected chi connectivity index (χ3v) is 3.09. The minimum atomic E-state index is -1.21. The number of nitrogens with one attached hydrogen (secondary N) is 1. The fourth-order valence-corrected chi connectivity index (χ4v) is 1.96. The van der Waals surface area contributed by atoms with Gasteiger partial charge < -0.3 is 10.4 Å². The number of rotatable bonds is 8. The molecule has 0 amide bonds. The van der Waals surface area contributed by atoms with Crippen molar-refractivity contribution >= 4 is 17.5 Å². The molecule has 7 heteroatoms. The van der Waals surface area contributed by atoms with Gasteiger partial charge in [0.1, 0.15) is 0 Å². The van der Waals surface area contributed by atoms with Crippen LogP contribution in [0.3, 0.4) is 0 Å². The number of aromatic carboxylic acids is 1. The van der Waals surface area contributed by atoms with Crippen molar-refractivity contribution in [3.05, 3.63) is 27.9 Å². The molecule has 116 valence electrons. The van der Waals surface area contributed by atoms with Crippen LogP contribution in [-0.2, 0) is 0 Å². The van der Waals surface area contributed by atoms with Crippen molar-refractivity contribution in [1.29, 1.82) is 0 Å².